The van der Waals surface area contributed by atoms with Gasteiger partial charge in [-0.05, 0) is 41.5 Å². The molecule has 0 amide bonds. The molecule has 0 aliphatic rings. The average Bonchev–Trinajstić information content (AvgIpc) is 3.00. The van der Waals surface area contributed by atoms with Gasteiger partial charge in [0.15, 0.2) is 0 Å². The van der Waals surface area contributed by atoms with Gasteiger partial charge in [0.1, 0.15) is 5.82 Å². The number of imidazole rings is 1. The van der Waals surface area contributed by atoms with Crippen LogP contribution in [0.2, 0.25) is 5.02 Å². The lowest BCUT2D eigenvalue weighted by Crippen LogP contribution is -2.06. The molecule has 0 aliphatic carbocycles. The van der Waals surface area contributed by atoms with Gasteiger partial charge in [-0.15, -0.1) is 0 Å². The zero-order chi connectivity index (χ0) is 19.7. The number of aromatic nitrogens is 2. The Hall–Kier alpha value is -2.79. The second kappa shape index (κ2) is 7.32. The first kappa shape index (κ1) is 18.6. The molecule has 0 saturated heterocycles. The van der Waals surface area contributed by atoms with Gasteiger partial charge in [0, 0.05) is 18.0 Å². The summed E-state index contributed by atoms with van der Waals surface area (Å²) < 4.78 is 41.3. The van der Waals surface area contributed by atoms with E-state index in [4.69, 9.17) is 11.6 Å². The van der Waals surface area contributed by atoms with Crippen LogP contribution >= 0.6 is 11.6 Å². The smallest absolute Gasteiger partial charge is 0.323 e. The van der Waals surface area contributed by atoms with Crippen LogP contribution in [0.25, 0.3) is 11.0 Å². The molecule has 3 aromatic carbocycles. The zero-order valence-electron chi connectivity index (χ0n) is 14.7. The van der Waals surface area contributed by atoms with Gasteiger partial charge in [-0.2, -0.15) is 13.2 Å². The van der Waals surface area contributed by atoms with Crippen molar-refractivity contribution in [3.05, 3.63) is 100 Å². The van der Waals surface area contributed by atoms with Crippen LogP contribution in [-0.2, 0) is 19.1 Å². The fraction of sp³-hybridized carbons (Fsp3) is 0.136. The van der Waals surface area contributed by atoms with E-state index in [0.717, 1.165) is 23.3 Å². The molecule has 4 aromatic rings. The van der Waals surface area contributed by atoms with Crippen LogP contribution in [0.3, 0.4) is 0 Å². The normalized spacial score (nSPS) is 11.9. The highest BCUT2D eigenvalue weighted by atomic mass is 35.5. The zero-order valence-corrected chi connectivity index (χ0v) is 15.5. The summed E-state index contributed by atoms with van der Waals surface area (Å²) in [5.74, 6) is 0.709. The topological polar surface area (TPSA) is 17.8 Å². The quantitative estimate of drug-likeness (QED) is 0.390. The summed E-state index contributed by atoms with van der Waals surface area (Å²) in [6, 6.07) is 20.9. The third-order valence-corrected chi connectivity index (χ3v) is 4.87. The molecule has 1 heterocycles. The Labute approximate surface area is 165 Å². The fourth-order valence-corrected chi connectivity index (χ4v) is 3.34. The second-order valence-electron chi connectivity index (χ2n) is 6.60. The Bertz CT molecular complexity index is 1100. The first-order chi connectivity index (χ1) is 13.4. The van der Waals surface area contributed by atoms with Gasteiger partial charge in [-0.25, -0.2) is 4.98 Å². The molecule has 0 fully saturated rings. The molecule has 4 rings (SSSR count). The minimum Gasteiger partial charge on any atom is -0.323 e. The standard InChI is InChI=1S/C22H16ClF3N2/c23-18-9-6-15(7-10-18)12-21-27-19-13-17(22(24,25)26)8-11-20(19)28(21)14-16-4-2-1-3-5-16/h1-11,13H,12,14H2. The summed E-state index contributed by atoms with van der Waals surface area (Å²) in [7, 11) is 0. The van der Waals surface area contributed by atoms with Crippen molar-refractivity contribution in [1.82, 2.24) is 9.55 Å². The monoisotopic (exact) mass is 400 g/mol. The van der Waals surface area contributed by atoms with Crippen LogP contribution in [0.1, 0.15) is 22.5 Å². The van der Waals surface area contributed by atoms with E-state index in [2.05, 4.69) is 4.98 Å². The molecule has 28 heavy (non-hydrogen) atoms. The van der Waals surface area contributed by atoms with Gasteiger partial charge in [-0.1, -0.05) is 54.1 Å². The predicted octanol–water partition coefficient (Wildman–Crippen LogP) is 6.35. The van der Waals surface area contributed by atoms with E-state index in [0.29, 0.717) is 34.8 Å². The van der Waals surface area contributed by atoms with Crippen molar-refractivity contribution in [2.75, 3.05) is 0 Å². The van der Waals surface area contributed by atoms with E-state index in [1.54, 1.807) is 12.1 Å². The summed E-state index contributed by atoms with van der Waals surface area (Å²) in [6.07, 6.45) is -3.90. The molecule has 0 saturated carbocycles. The van der Waals surface area contributed by atoms with Crippen molar-refractivity contribution in [1.29, 1.82) is 0 Å². The Morgan fingerprint density at radius 3 is 2.25 bits per heavy atom. The Morgan fingerprint density at radius 2 is 1.57 bits per heavy atom. The van der Waals surface area contributed by atoms with E-state index < -0.39 is 11.7 Å². The highest BCUT2D eigenvalue weighted by molar-refractivity contribution is 6.30. The van der Waals surface area contributed by atoms with Crippen LogP contribution in [-0.4, -0.2) is 9.55 Å². The number of halogens is 4. The van der Waals surface area contributed by atoms with Gasteiger partial charge in [0.2, 0.25) is 0 Å². The molecule has 0 atom stereocenters. The molecule has 0 bridgehead atoms. The SMILES string of the molecule is FC(F)(F)c1ccc2c(c1)nc(Cc1ccc(Cl)cc1)n2Cc1ccccc1. The maximum Gasteiger partial charge on any atom is 0.416 e. The van der Waals surface area contributed by atoms with E-state index in [1.807, 2.05) is 47.0 Å². The number of nitrogens with zero attached hydrogens (tertiary/aromatic N) is 2. The number of benzene rings is 3. The summed E-state index contributed by atoms with van der Waals surface area (Å²) >= 11 is 5.95. The Balaban J connectivity index is 1.80. The van der Waals surface area contributed by atoms with Crippen LogP contribution in [0.15, 0.2) is 72.8 Å². The van der Waals surface area contributed by atoms with E-state index in [9.17, 15) is 13.2 Å². The van der Waals surface area contributed by atoms with Crippen LogP contribution in [0.5, 0.6) is 0 Å². The Morgan fingerprint density at radius 1 is 0.857 bits per heavy atom. The molecule has 0 spiro atoms. The molecule has 2 nitrogen and oxygen atoms in total. The largest absolute Gasteiger partial charge is 0.416 e. The highest BCUT2D eigenvalue weighted by Gasteiger charge is 2.31. The van der Waals surface area contributed by atoms with Crippen LogP contribution in [0, 0.1) is 0 Å². The van der Waals surface area contributed by atoms with Crippen molar-refractivity contribution < 1.29 is 13.2 Å². The molecule has 1 aromatic heterocycles. The Kier molecular flexibility index (Phi) is 4.85. The summed E-state index contributed by atoms with van der Waals surface area (Å²) in [4.78, 5) is 4.53. The van der Waals surface area contributed by atoms with Crippen molar-refractivity contribution >= 4 is 22.6 Å². The minimum absolute atomic E-state index is 0.342. The average molecular weight is 401 g/mol. The maximum atomic E-state index is 13.1. The highest BCUT2D eigenvalue weighted by Crippen LogP contribution is 2.32. The van der Waals surface area contributed by atoms with Gasteiger partial charge in [0.05, 0.1) is 16.6 Å². The molecule has 0 N–H and O–H groups in total. The van der Waals surface area contributed by atoms with Gasteiger partial charge in [0.25, 0.3) is 0 Å². The summed E-state index contributed by atoms with van der Waals surface area (Å²) in [6.45, 7) is 0.533. The fourth-order valence-electron chi connectivity index (χ4n) is 3.22. The molecule has 142 valence electrons. The van der Waals surface area contributed by atoms with Gasteiger partial charge >= 0.3 is 6.18 Å². The summed E-state index contributed by atoms with van der Waals surface area (Å²) in [5.41, 5.74) is 2.38. The summed E-state index contributed by atoms with van der Waals surface area (Å²) in [5, 5.41) is 0.636. The van der Waals surface area contributed by atoms with Crippen LogP contribution < -0.4 is 0 Å². The first-order valence-electron chi connectivity index (χ1n) is 8.75. The third-order valence-electron chi connectivity index (χ3n) is 4.61. The first-order valence-corrected chi connectivity index (χ1v) is 9.13. The number of rotatable bonds is 4. The lowest BCUT2D eigenvalue weighted by Gasteiger charge is -2.10. The molecule has 6 heteroatoms. The molecule has 0 aliphatic heterocycles. The number of alkyl halides is 3. The van der Waals surface area contributed by atoms with Crippen molar-refractivity contribution in [2.45, 2.75) is 19.1 Å². The molecule has 0 radical (unpaired) electrons. The van der Waals surface area contributed by atoms with Crippen LogP contribution in [0.4, 0.5) is 13.2 Å². The molecular weight excluding hydrogens is 385 g/mol. The van der Waals surface area contributed by atoms with Gasteiger partial charge < -0.3 is 4.57 Å². The molecule has 0 unspecified atom stereocenters. The maximum absolute atomic E-state index is 13.1. The van der Waals surface area contributed by atoms with Crippen molar-refractivity contribution in [3.8, 4) is 0 Å². The predicted molar refractivity (Wildman–Crippen MR) is 105 cm³/mol. The van der Waals surface area contributed by atoms with E-state index in [-0.39, 0.29) is 0 Å². The lowest BCUT2D eigenvalue weighted by atomic mass is 10.1. The minimum atomic E-state index is -4.40. The lowest BCUT2D eigenvalue weighted by molar-refractivity contribution is -0.137. The van der Waals surface area contributed by atoms with Gasteiger partial charge in [-0.3, -0.25) is 0 Å². The number of fused-ring (bicyclic) bond motifs is 1. The van der Waals surface area contributed by atoms with Crippen molar-refractivity contribution in [2.24, 2.45) is 0 Å². The number of hydrogen-bond acceptors (Lipinski definition) is 1. The van der Waals surface area contributed by atoms with E-state index in [1.165, 1.54) is 6.07 Å². The van der Waals surface area contributed by atoms with E-state index >= 15 is 0 Å². The molecular formula is C22H16ClF3N2. The second-order valence-corrected chi connectivity index (χ2v) is 7.04. The third kappa shape index (κ3) is 3.90. The number of hydrogen-bond donors (Lipinski definition) is 0. The van der Waals surface area contributed by atoms with Crippen molar-refractivity contribution in [3.63, 3.8) is 0 Å².